The molecule has 3 rings (SSSR count). The maximum absolute atomic E-state index is 11.9. The average molecular weight is 423 g/mol. The number of amides is 1. The molecule has 0 aliphatic rings. The summed E-state index contributed by atoms with van der Waals surface area (Å²) < 4.78 is 9.15. The summed E-state index contributed by atoms with van der Waals surface area (Å²) in [5.41, 5.74) is 3.81. The van der Waals surface area contributed by atoms with E-state index < -0.39 is 6.16 Å². The van der Waals surface area contributed by atoms with Crippen molar-refractivity contribution in [2.45, 2.75) is 19.4 Å². The molecule has 0 aliphatic carbocycles. The molecule has 0 saturated carbocycles. The van der Waals surface area contributed by atoms with E-state index in [4.69, 9.17) is 4.74 Å². The minimum atomic E-state index is -0.696. The molecule has 31 heavy (non-hydrogen) atoms. The first-order chi connectivity index (χ1) is 15.2. The van der Waals surface area contributed by atoms with Crippen LogP contribution in [-0.4, -0.2) is 53.8 Å². The number of ether oxygens (including phenoxy) is 2. The van der Waals surface area contributed by atoms with Crippen LogP contribution in [-0.2, 0) is 20.8 Å². The van der Waals surface area contributed by atoms with Gasteiger partial charge in [-0.15, -0.1) is 0 Å². The number of aromatic nitrogens is 3. The Morgan fingerprint density at radius 3 is 2.68 bits per heavy atom. The number of fused-ring (bicyclic) bond motifs is 1. The van der Waals surface area contributed by atoms with Gasteiger partial charge in [0.2, 0.25) is 5.91 Å². The number of benzene rings is 1. The van der Waals surface area contributed by atoms with Crippen molar-refractivity contribution in [3.63, 3.8) is 0 Å². The second-order valence-corrected chi connectivity index (χ2v) is 6.73. The zero-order valence-electron chi connectivity index (χ0n) is 17.3. The first-order valence-corrected chi connectivity index (χ1v) is 10.0. The fourth-order valence-corrected chi connectivity index (χ4v) is 2.82. The molecule has 0 fully saturated rings. The number of methoxy groups -OCH3 is 1. The van der Waals surface area contributed by atoms with E-state index in [1.807, 2.05) is 42.5 Å². The molecule has 0 radical (unpaired) electrons. The van der Waals surface area contributed by atoms with Crippen LogP contribution < -0.4 is 10.6 Å². The first kappa shape index (κ1) is 22.1. The zero-order valence-corrected chi connectivity index (χ0v) is 17.3. The van der Waals surface area contributed by atoms with Gasteiger partial charge in [0.05, 0.1) is 37.8 Å². The summed E-state index contributed by atoms with van der Waals surface area (Å²) in [6.45, 7) is 1.39. The van der Waals surface area contributed by atoms with E-state index in [0.29, 0.717) is 31.6 Å². The third-order valence-corrected chi connectivity index (χ3v) is 4.41. The van der Waals surface area contributed by atoms with E-state index in [-0.39, 0.29) is 19.1 Å². The van der Waals surface area contributed by atoms with Crippen LogP contribution in [0.1, 0.15) is 18.5 Å². The van der Waals surface area contributed by atoms with Crippen molar-refractivity contribution in [2.24, 2.45) is 0 Å². The van der Waals surface area contributed by atoms with Crippen molar-refractivity contribution in [1.82, 2.24) is 25.6 Å². The predicted molar refractivity (Wildman–Crippen MR) is 115 cm³/mol. The van der Waals surface area contributed by atoms with Gasteiger partial charge in [0.1, 0.15) is 5.52 Å². The predicted octanol–water partition coefficient (Wildman–Crippen LogP) is 2.46. The standard InChI is InChI=1S/C22H25N5O4/c1-30-22(29)31-12-6-5-11-24-20(28)15-23-13-17-9-10-18-21(26-17)27-19(14-25-18)16-7-3-2-4-8-16/h2-4,7-10,14,23H,5-6,11-13,15H2,1H3,(H,24,28). The molecule has 0 spiro atoms. The lowest BCUT2D eigenvalue weighted by Gasteiger charge is -2.08. The maximum atomic E-state index is 11.9. The summed E-state index contributed by atoms with van der Waals surface area (Å²) in [7, 11) is 1.26. The van der Waals surface area contributed by atoms with Crippen molar-refractivity contribution >= 4 is 23.2 Å². The molecule has 0 aliphatic heterocycles. The molecule has 2 aromatic heterocycles. The monoisotopic (exact) mass is 423 g/mol. The number of nitrogens with zero attached hydrogens (tertiary/aromatic N) is 3. The molecule has 0 unspecified atom stereocenters. The maximum Gasteiger partial charge on any atom is 0.507 e. The van der Waals surface area contributed by atoms with Gasteiger partial charge in [-0.1, -0.05) is 30.3 Å². The van der Waals surface area contributed by atoms with Crippen LogP contribution >= 0.6 is 0 Å². The van der Waals surface area contributed by atoms with Gasteiger partial charge in [-0.3, -0.25) is 9.78 Å². The summed E-state index contributed by atoms with van der Waals surface area (Å²) in [4.78, 5) is 36.3. The van der Waals surface area contributed by atoms with Crippen molar-refractivity contribution in [2.75, 3.05) is 26.8 Å². The van der Waals surface area contributed by atoms with Crippen LogP contribution in [0.5, 0.6) is 0 Å². The van der Waals surface area contributed by atoms with E-state index in [0.717, 1.165) is 22.5 Å². The molecule has 3 aromatic rings. The van der Waals surface area contributed by atoms with Gasteiger partial charge in [0, 0.05) is 18.7 Å². The number of hydrogen-bond donors (Lipinski definition) is 2. The molecule has 162 valence electrons. The number of carbonyl (C=O) groups is 2. The third kappa shape index (κ3) is 7.00. The molecular formula is C22H25N5O4. The van der Waals surface area contributed by atoms with Crippen molar-refractivity contribution < 1.29 is 19.1 Å². The lowest BCUT2D eigenvalue weighted by molar-refractivity contribution is -0.120. The highest BCUT2D eigenvalue weighted by Gasteiger charge is 2.06. The van der Waals surface area contributed by atoms with E-state index in [9.17, 15) is 9.59 Å². The Morgan fingerprint density at radius 1 is 1.03 bits per heavy atom. The Labute approximate surface area is 180 Å². The molecular weight excluding hydrogens is 398 g/mol. The van der Waals surface area contributed by atoms with Gasteiger partial charge in [-0.25, -0.2) is 14.8 Å². The molecule has 1 amide bonds. The molecule has 9 nitrogen and oxygen atoms in total. The SMILES string of the molecule is COC(=O)OCCCCNC(=O)CNCc1ccc2ncc(-c3ccccc3)nc2n1. The highest BCUT2D eigenvalue weighted by Crippen LogP contribution is 2.18. The number of hydrogen-bond acceptors (Lipinski definition) is 8. The van der Waals surface area contributed by atoms with Crippen LogP contribution in [0.15, 0.2) is 48.7 Å². The Bertz CT molecular complexity index is 1010. The summed E-state index contributed by atoms with van der Waals surface area (Å²) in [6.07, 6.45) is 2.40. The van der Waals surface area contributed by atoms with Gasteiger partial charge < -0.3 is 20.1 Å². The van der Waals surface area contributed by atoms with Crippen molar-refractivity contribution in [3.05, 3.63) is 54.4 Å². The fraction of sp³-hybridized carbons (Fsp3) is 0.318. The lowest BCUT2D eigenvalue weighted by Crippen LogP contribution is -2.34. The topological polar surface area (TPSA) is 115 Å². The van der Waals surface area contributed by atoms with Crippen LogP contribution in [0.4, 0.5) is 4.79 Å². The lowest BCUT2D eigenvalue weighted by atomic mass is 10.2. The number of nitrogens with one attached hydrogen (secondary N) is 2. The first-order valence-electron chi connectivity index (χ1n) is 10.0. The van der Waals surface area contributed by atoms with Gasteiger partial charge in [0.15, 0.2) is 5.65 Å². The Hall–Kier alpha value is -3.59. The van der Waals surface area contributed by atoms with Crippen LogP contribution in [0, 0.1) is 0 Å². The largest absolute Gasteiger partial charge is 0.507 e. The smallest absolute Gasteiger partial charge is 0.438 e. The normalized spacial score (nSPS) is 10.6. The molecule has 0 bridgehead atoms. The third-order valence-electron chi connectivity index (χ3n) is 4.41. The van der Waals surface area contributed by atoms with Crippen LogP contribution in [0.3, 0.4) is 0 Å². The molecule has 2 heterocycles. The number of unbranched alkanes of at least 4 members (excludes halogenated alkanes) is 1. The Morgan fingerprint density at radius 2 is 1.87 bits per heavy atom. The van der Waals surface area contributed by atoms with E-state index in [1.165, 1.54) is 7.11 Å². The van der Waals surface area contributed by atoms with E-state index >= 15 is 0 Å². The van der Waals surface area contributed by atoms with E-state index in [2.05, 4.69) is 30.3 Å². The van der Waals surface area contributed by atoms with Crippen LogP contribution in [0.2, 0.25) is 0 Å². The second-order valence-electron chi connectivity index (χ2n) is 6.73. The summed E-state index contributed by atoms with van der Waals surface area (Å²) >= 11 is 0. The van der Waals surface area contributed by atoms with Gasteiger partial charge in [-0.05, 0) is 25.0 Å². The quantitative estimate of drug-likeness (QED) is 0.377. The minimum absolute atomic E-state index is 0.110. The highest BCUT2D eigenvalue weighted by atomic mass is 16.7. The van der Waals surface area contributed by atoms with Crippen LogP contribution in [0.25, 0.3) is 22.4 Å². The number of rotatable bonds is 10. The second kappa shape index (κ2) is 11.6. The number of carbonyl (C=O) groups excluding carboxylic acids is 2. The highest BCUT2D eigenvalue weighted by molar-refractivity contribution is 5.78. The number of pyridine rings is 1. The minimum Gasteiger partial charge on any atom is -0.438 e. The molecule has 0 saturated heterocycles. The average Bonchev–Trinajstić information content (AvgIpc) is 2.81. The molecule has 0 atom stereocenters. The molecule has 1 aromatic carbocycles. The summed E-state index contributed by atoms with van der Waals surface area (Å²) in [5.74, 6) is -0.110. The van der Waals surface area contributed by atoms with Gasteiger partial charge >= 0.3 is 6.16 Å². The fourth-order valence-electron chi connectivity index (χ4n) is 2.82. The van der Waals surface area contributed by atoms with Crippen molar-refractivity contribution in [1.29, 1.82) is 0 Å². The molecule has 2 N–H and O–H groups in total. The van der Waals surface area contributed by atoms with Crippen molar-refractivity contribution in [3.8, 4) is 11.3 Å². The van der Waals surface area contributed by atoms with Gasteiger partial charge in [-0.2, -0.15) is 0 Å². The van der Waals surface area contributed by atoms with E-state index in [1.54, 1.807) is 6.20 Å². The van der Waals surface area contributed by atoms with Gasteiger partial charge in [0.25, 0.3) is 0 Å². The zero-order chi connectivity index (χ0) is 21.9. The summed E-state index contributed by atoms with van der Waals surface area (Å²) in [5, 5.41) is 5.89. The Kier molecular flexibility index (Phi) is 8.24. The molecule has 9 heteroatoms. The summed E-state index contributed by atoms with van der Waals surface area (Å²) in [6, 6.07) is 13.6. The Balaban J connectivity index is 1.42.